The van der Waals surface area contributed by atoms with E-state index in [-0.39, 0.29) is 11.6 Å². The van der Waals surface area contributed by atoms with Gasteiger partial charge in [-0.3, -0.25) is 14.5 Å². The molecule has 4 aromatic rings. The second kappa shape index (κ2) is 9.64. The molecule has 0 aliphatic heterocycles. The summed E-state index contributed by atoms with van der Waals surface area (Å²) in [6.07, 6.45) is 12.1. The van der Waals surface area contributed by atoms with Gasteiger partial charge >= 0.3 is 5.76 Å². The van der Waals surface area contributed by atoms with Crippen molar-refractivity contribution in [2.75, 3.05) is 7.11 Å². The average molecular weight is 524 g/mol. The number of pyridine rings is 1. The molecule has 6 rings (SSSR count). The monoisotopic (exact) mass is 523 g/mol. The lowest BCUT2D eigenvalue weighted by molar-refractivity contribution is -0.0193. The van der Waals surface area contributed by atoms with Crippen LogP contribution in [0.25, 0.3) is 34.1 Å². The molecule has 11 heteroatoms. The maximum atomic E-state index is 11.7. The highest BCUT2D eigenvalue weighted by atomic mass is 35.5. The summed E-state index contributed by atoms with van der Waals surface area (Å²) < 4.78 is 13.2. The van der Waals surface area contributed by atoms with Gasteiger partial charge in [0.2, 0.25) is 11.6 Å². The van der Waals surface area contributed by atoms with Crippen LogP contribution in [0.3, 0.4) is 0 Å². The van der Waals surface area contributed by atoms with Gasteiger partial charge in [0.05, 0.1) is 5.02 Å². The predicted molar refractivity (Wildman–Crippen MR) is 138 cm³/mol. The lowest BCUT2D eigenvalue weighted by Gasteiger charge is -2.31. The van der Waals surface area contributed by atoms with Gasteiger partial charge in [0.25, 0.3) is 0 Å². The highest BCUT2D eigenvalue weighted by Gasteiger charge is 2.41. The van der Waals surface area contributed by atoms with Gasteiger partial charge in [-0.25, -0.2) is 19.7 Å². The van der Waals surface area contributed by atoms with E-state index in [4.69, 9.17) is 35.8 Å². The number of fused-ring (bicyclic) bond motifs is 1. The van der Waals surface area contributed by atoms with E-state index in [1.165, 1.54) is 25.7 Å². The maximum Gasteiger partial charge on any atom is 0.439 e. The molecule has 2 fully saturated rings. The topological polar surface area (TPSA) is 125 Å². The van der Waals surface area contributed by atoms with Crippen LogP contribution in [-0.4, -0.2) is 41.8 Å². The molecule has 2 aliphatic carbocycles. The minimum atomic E-state index is -0.674. The number of imidazole rings is 1. The third kappa shape index (κ3) is 4.46. The van der Waals surface area contributed by atoms with E-state index in [1.54, 1.807) is 19.5 Å². The molecule has 0 aromatic carbocycles. The Balaban J connectivity index is 1.61. The highest BCUT2D eigenvalue weighted by Crippen LogP contribution is 2.44. The van der Waals surface area contributed by atoms with Crippen LogP contribution in [-0.2, 0) is 16.9 Å². The van der Waals surface area contributed by atoms with Crippen LogP contribution in [0.5, 0.6) is 0 Å². The zero-order chi connectivity index (χ0) is 25.6. The van der Waals surface area contributed by atoms with Gasteiger partial charge < -0.3 is 9.30 Å². The van der Waals surface area contributed by atoms with Crippen LogP contribution >= 0.6 is 11.6 Å². The third-order valence-corrected chi connectivity index (χ3v) is 8.23. The van der Waals surface area contributed by atoms with Crippen LogP contribution in [0.2, 0.25) is 5.02 Å². The Morgan fingerprint density at radius 1 is 1.16 bits per heavy atom. The molecule has 0 amide bonds. The van der Waals surface area contributed by atoms with E-state index < -0.39 is 11.4 Å². The summed E-state index contributed by atoms with van der Waals surface area (Å²) in [5.74, 6) is 1.86. The molecule has 1 N–H and O–H groups in total. The molecule has 4 aromatic heterocycles. The number of aromatic amines is 1. The molecule has 10 nitrogen and oxygen atoms in total. The van der Waals surface area contributed by atoms with Crippen molar-refractivity contribution < 1.29 is 9.26 Å². The Morgan fingerprint density at radius 3 is 2.62 bits per heavy atom. The summed E-state index contributed by atoms with van der Waals surface area (Å²) in [5.41, 5.74) is 2.22. The standard InChI is InChI=1S/C26H30ClN7O3/c1-15-5-7-16(8-6-15)14-34-20-19(17-11-18(27)13-28-12-17)29-22(23-32-25(35)37-33-23)30-21(20)31-24(34)26(36-2)9-3-4-10-26/h11-13,15-16H,3-10,14H2,1-2H3,(H,32,33,35). The number of H-pyrrole nitrogens is 1. The van der Waals surface area contributed by atoms with Gasteiger partial charge in [0, 0.05) is 31.6 Å². The smallest absolute Gasteiger partial charge is 0.370 e. The molecule has 2 saturated carbocycles. The van der Waals surface area contributed by atoms with Crippen molar-refractivity contribution in [3.05, 3.63) is 39.9 Å². The second-order valence-electron chi connectivity index (χ2n) is 10.5. The van der Waals surface area contributed by atoms with E-state index in [9.17, 15) is 4.79 Å². The molecule has 37 heavy (non-hydrogen) atoms. The molecule has 4 heterocycles. The quantitative estimate of drug-likeness (QED) is 0.369. The number of aromatic nitrogens is 7. The maximum absolute atomic E-state index is 11.7. The van der Waals surface area contributed by atoms with Gasteiger partial charge in [0.15, 0.2) is 5.65 Å². The minimum absolute atomic E-state index is 0.142. The fourth-order valence-corrected chi connectivity index (χ4v) is 6.15. The molecule has 194 valence electrons. The van der Waals surface area contributed by atoms with Crippen LogP contribution in [0.15, 0.2) is 27.8 Å². The Bertz CT molecular complexity index is 1480. The van der Waals surface area contributed by atoms with Crippen molar-refractivity contribution in [1.29, 1.82) is 0 Å². The zero-order valence-electron chi connectivity index (χ0n) is 21.0. The van der Waals surface area contributed by atoms with E-state index >= 15 is 0 Å². The van der Waals surface area contributed by atoms with Crippen molar-refractivity contribution in [3.63, 3.8) is 0 Å². The molecular weight excluding hydrogens is 494 g/mol. The largest absolute Gasteiger partial charge is 0.439 e. The lowest BCUT2D eigenvalue weighted by Crippen LogP contribution is -2.30. The average Bonchev–Trinajstić information content (AvgIpc) is 3.64. The van der Waals surface area contributed by atoms with Crippen molar-refractivity contribution in [3.8, 4) is 22.9 Å². The molecule has 0 radical (unpaired) electrons. The Kier molecular flexibility index (Phi) is 6.32. The normalized spacial score (nSPS) is 21.6. The Labute approximate surface area is 218 Å². The van der Waals surface area contributed by atoms with E-state index in [2.05, 4.69) is 26.6 Å². The molecular formula is C26H30ClN7O3. The fourth-order valence-electron chi connectivity index (χ4n) is 5.97. The fraction of sp³-hybridized carbons (Fsp3) is 0.538. The second-order valence-corrected chi connectivity index (χ2v) is 10.9. The van der Waals surface area contributed by atoms with Crippen molar-refractivity contribution in [2.24, 2.45) is 11.8 Å². The number of hydrogen-bond acceptors (Lipinski definition) is 8. The number of halogens is 1. The third-order valence-electron chi connectivity index (χ3n) is 8.02. The summed E-state index contributed by atoms with van der Waals surface area (Å²) >= 11 is 6.35. The SMILES string of the molecule is COC1(c2nc3nc(-c4noc(=O)[nH]4)nc(-c4cncc(Cl)c4)c3n2CC2CCC(C)CC2)CCCC1. The number of methoxy groups -OCH3 is 1. The molecule has 0 saturated heterocycles. The summed E-state index contributed by atoms with van der Waals surface area (Å²) in [6, 6.07) is 1.83. The number of rotatable bonds is 6. The molecule has 0 bridgehead atoms. The van der Waals surface area contributed by atoms with Gasteiger partial charge in [-0.1, -0.05) is 36.5 Å². The van der Waals surface area contributed by atoms with Crippen LogP contribution < -0.4 is 5.76 Å². The van der Waals surface area contributed by atoms with E-state index in [0.717, 1.165) is 55.1 Å². The van der Waals surface area contributed by atoms with E-state index in [0.29, 0.717) is 22.3 Å². The molecule has 0 spiro atoms. The first-order valence-electron chi connectivity index (χ1n) is 13.0. The number of hydrogen-bond donors (Lipinski definition) is 1. The van der Waals surface area contributed by atoms with Crippen LogP contribution in [0.4, 0.5) is 0 Å². The first-order chi connectivity index (χ1) is 18.0. The summed E-state index contributed by atoms with van der Waals surface area (Å²) in [7, 11) is 1.77. The predicted octanol–water partition coefficient (Wildman–Crippen LogP) is 5.13. The molecule has 0 atom stereocenters. The van der Waals surface area contributed by atoms with Crippen LogP contribution in [0.1, 0.15) is 64.1 Å². The summed E-state index contributed by atoms with van der Waals surface area (Å²) in [4.78, 5) is 33.2. The van der Waals surface area contributed by atoms with Crippen LogP contribution in [0, 0.1) is 11.8 Å². The lowest BCUT2D eigenvalue weighted by atomic mass is 9.83. The summed E-state index contributed by atoms with van der Waals surface area (Å²) in [6.45, 7) is 3.15. The highest BCUT2D eigenvalue weighted by molar-refractivity contribution is 6.30. The minimum Gasteiger partial charge on any atom is -0.370 e. The number of ether oxygens (including phenoxy) is 1. The molecule has 0 unspecified atom stereocenters. The van der Waals surface area contributed by atoms with E-state index in [1.807, 2.05) is 6.07 Å². The first-order valence-corrected chi connectivity index (χ1v) is 13.3. The number of nitrogens with one attached hydrogen (secondary N) is 1. The van der Waals surface area contributed by atoms with Gasteiger partial charge in [-0.05, 0) is 56.4 Å². The van der Waals surface area contributed by atoms with Gasteiger partial charge in [0.1, 0.15) is 22.6 Å². The Hall–Kier alpha value is -3.11. The van der Waals surface area contributed by atoms with Crippen molar-refractivity contribution in [2.45, 2.75) is 70.4 Å². The molecule has 2 aliphatic rings. The van der Waals surface area contributed by atoms with Gasteiger partial charge in [-0.2, -0.15) is 0 Å². The number of nitrogens with zero attached hydrogens (tertiary/aromatic N) is 6. The van der Waals surface area contributed by atoms with Gasteiger partial charge in [-0.15, -0.1) is 0 Å². The Morgan fingerprint density at radius 2 is 1.95 bits per heavy atom. The van der Waals surface area contributed by atoms with Crippen molar-refractivity contribution >= 4 is 22.8 Å². The van der Waals surface area contributed by atoms with Crippen molar-refractivity contribution in [1.82, 2.24) is 34.6 Å². The first kappa shape index (κ1) is 24.2. The summed E-state index contributed by atoms with van der Waals surface area (Å²) in [5, 5.41) is 4.31. The zero-order valence-corrected chi connectivity index (χ0v) is 21.8.